The van der Waals surface area contributed by atoms with Crippen molar-refractivity contribution in [1.29, 1.82) is 0 Å². The van der Waals surface area contributed by atoms with E-state index < -0.39 is 0 Å². The van der Waals surface area contributed by atoms with Crippen molar-refractivity contribution in [3.05, 3.63) is 60.4 Å². The van der Waals surface area contributed by atoms with Crippen molar-refractivity contribution in [2.45, 2.75) is 20.4 Å². The fourth-order valence-electron chi connectivity index (χ4n) is 2.72. The summed E-state index contributed by atoms with van der Waals surface area (Å²) in [6.07, 6.45) is 3.61. The highest BCUT2D eigenvalue weighted by Gasteiger charge is 2.11. The number of hydrogen-bond acceptors (Lipinski definition) is 5. The number of rotatable bonds is 9. The maximum Gasteiger partial charge on any atom is 0.251 e. The highest BCUT2D eigenvalue weighted by Crippen LogP contribution is 2.28. The summed E-state index contributed by atoms with van der Waals surface area (Å²) in [5.41, 5.74) is 2.16. The first-order chi connectivity index (χ1) is 13.7. The van der Waals surface area contributed by atoms with Gasteiger partial charge >= 0.3 is 0 Å². The van der Waals surface area contributed by atoms with Gasteiger partial charge in [-0.3, -0.25) is 14.5 Å². The molecule has 28 heavy (non-hydrogen) atoms. The molecule has 0 unspecified atom stereocenters. The van der Waals surface area contributed by atoms with Crippen LogP contribution >= 0.6 is 0 Å². The Bertz CT molecular complexity index is 909. The molecule has 0 aliphatic rings. The third-order valence-corrected chi connectivity index (χ3v) is 4.00. The summed E-state index contributed by atoms with van der Waals surface area (Å²) in [6.45, 7) is 5.86. The van der Waals surface area contributed by atoms with E-state index in [2.05, 4.69) is 15.4 Å². The minimum absolute atomic E-state index is 0.166. The quantitative estimate of drug-likeness (QED) is 0.617. The van der Waals surface area contributed by atoms with E-state index in [1.54, 1.807) is 29.1 Å². The average Bonchev–Trinajstić information content (AvgIpc) is 3.19. The van der Waals surface area contributed by atoms with Crippen molar-refractivity contribution < 1.29 is 14.3 Å². The van der Waals surface area contributed by atoms with Crippen LogP contribution in [-0.4, -0.2) is 40.4 Å². The summed E-state index contributed by atoms with van der Waals surface area (Å²) in [6, 6.07) is 12.8. The first-order valence-corrected chi connectivity index (χ1v) is 9.34. The van der Waals surface area contributed by atoms with Crippen molar-refractivity contribution in [2.75, 3.05) is 19.8 Å². The van der Waals surface area contributed by atoms with Crippen molar-refractivity contribution >= 4 is 5.91 Å². The Kier molecular flexibility index (Phi) is 6.62. The molecule has 146 valence electrons. The molecule has 7 heteroatoms. The maximum atomic E-state index is 12.4. The molecule has 0 fully saturated rings. The van der Waals surface area contributed by atoms with Gasteiger partial charge in [0.15, 0.2) is 11.5 Å². The molecule has 1 aromatic carbocycles. The normalized spacial score (nSPS) is 10.5. The summed E-state index contributed by atoms with van der Waals surface area (Å²) >= 11 is 0. The predicted molar refractivity (Wildman–Crippen MR) is 107 cm³/mol. The molecule has 1 N–H and O–H groups in total. The average molecular weight is 380 g/mol. The van der Waals surface area contributed by atoms with Crippen molar-refractivity contribution in [1.82, 2.24) is 20.1 Å². The zero-order chi connectivity index (χ0) is 19.8. The Hall–Kier alpha value is -3.35. The summed E-state index contributed by atoms with van der Waals surface area (Å²) in [7, 11) is 0. The van der Waals surface area contributed by atoms with Crippen molar-refractivity contribution in [3.8, 4) is 22.9 Å². The van der Waals surface area contributed by atoms with Gasteiger partial charge in [0.2, 0.25) is 0 Å². The molecule has 0 radical (unpaired) electrons. The Labute approximate surface area is 164 Å². The van der Waals surface area contributed by atoms with Gasteiger partial charge in [-0.1, -0.05) is 6.07 Å². The summed E-state index contributed by atoms with van der Waals surface area (Å²) in [5.74, 6) is 1.05. The number of nitrogens with zero attached hydrogens (tertiary/aromatic N) is 3. The number of benzene rings is 1. The molecule has 0 saturated heterocycles. The predicted octanol–water partition coefficient (Wildman–Crippen LogP) is 3.17. The van der Waals surface area contributed by atoms with Gasteiger partial charge in [-0.25, -0.2) is 0 Å². The van der Waals surface area contributed by atoms with E-state index in [9.17, 15) is 4.79 Å². The van der Waals surface area contributed by atoms with E-state index in [1.165, 1.54) is 0 Å². The third-order valence-electron chi connectivity index (χ3n) is 4.00. The summed E-state index contributed by atoms with van der Waals surface area (Å²) in [5, 5.41) is 7.39. The molecule has 1 amide bonds. The fraction of sp³-hybridized carbons (Fsp3) is 0.286. The van der Waals surface area contributed by atoms with E-state index in [0.717, 1.165) is 11.4 Å². The number of ether oxygens (including phenoxy) is 2. The van der Waals surface area contributed by atoms with Crippen LogP contribution in [0.5, 0.6) is 11.5 Å². The highest BCUT2D eigenvalue weighted by molar-refractivity contribution is 5.94. The van der Waals surface area contributed by atoms with Crippen LogP contribution in [0, 0.1) is 0 Å². The van der Waals surface area contributed by atoms with Gasteiger partial charge in [0.05, 0.1) is 25.5 Å². The lowest BCUT2D eigenvalue weighted by Crippen LogP contribution is -2.27. The van der Waals surface area contributed by atoms with Gasteiger partial charge in [-0.05, 0) is 50.2 Å². The smallest absolute Gasteiger partial charge is 0.251 e. The van der Waals surface area contributed by atoms with Gasteiger partial charge in [0.1, 0.15) is 5.69 Å². The minimum atomic E-state index is -0.166. The number of hydrogen-bond donors (Lipinski definition) is 1. The van der Waals surface area contributed by atoms with Crippen LogP contribution in [0.1, 0.15) is 24.2 Å². The Morgan fingerprint density at radius 2 is 1.86 bits per heavy atom. The number of pyridine rings is 1. The molecular weight excluding hydrogens is 356 g/mol. The Morgan fingerprint density at radius 3 is 2.61 bits per heavy atom. The van der Waals surface area contributed by atoms with E-state index in [0.29, 0.717) is 43.4 Å². The van der Waals surface area contributed by atoms with Crippen LogP contribution < -0.4 is 14.8 Å². The van der Waals surface area contributed by atoms with Gasteiger partial charge in [-0.2, -0.15) is 5.10 Å². The SMILES string of the molecule is CCOc1ccc(C(=O)NCCn2ccc(-c3ccccn3)n2)cc1OCC. The second kappa shape index (κ2) is 9.55. The number of nitrogens with one attached hydrogen (secondary N) is 1. The topological polar surface area (TPSA) is 78.3 Å². The molecular formula is C21H24N4O3. The van der Waals surface area contributed by atoms with E-state index >= 15 is 0 Å². The molecule has 3 rings (SSSR count). The molecule has 0 aliphatic heterocycles. The molecule has 0 saturated carbocycles. The first kappa shape index (κ1) is 19.4. The van der Waals surface area contributed by atoms with Crippen LogP contribution in [0.25, 0.3) is 11.4 Å². The lowest BCUT2D eigenvalue weighted by molar-refractivity contribution is 0.0951. The molecule has 2 aromatic heterocycles. The summed E-state index contributed by atoms with van der Waals surface area (Å²) < 4.78 is 12.9. The van der Waals surface area contributed by atoms with Gasteiger partial charge in [0.25, 0.3) is 5.91 Å². The van der Waals surface area contributed by atoms with E-state index in [-0.39, 0.29) is 5.91 Å². The largest absolute Gasteiger partial charge is 0.490 e. The second-order valence-corrected chi connectivity index (χ2v) is 5.96. The zero-order valence-electron chi connectivity index (χ0n) is 16.1. The van der Waals surface area contributed by atoms with E-state index in [4.69, 9.17) is 9.47 Å². The lowest BCUT2D eigenvalue weighted by atomic mass is 10.2. The number of amides is 1. The molecule has 2 heterocycles. The molecule has 0 bridgehead atoms. The van der Waals surface area contributed by atoms with E-state index in [1.807, 2.05) is 44.3 Å². The molecule has 0 aliphatic carbocycles. The monoisotopic (exact) mass is 380 g/mol. The van der Waals surface area contributed by atoms with Crippen LogP contribution in [-0.2, 0) is 6.54 Å². The Balaban J connectivity index is 1.57. The Morgan fingerprint density at radius 1 is 1.04 bits per heavy atom. The number of carbonyl (C=O) groups is 1. The maximum absolute atomic E-state index is 12.4. The van der Waals surface area contributed by atoms with Crippen molar-refractivity contribution in [3.63, 3.8) is 0 Å². The second-order valence-electron chi connectivity index (χ2n) is 5.96. The van der Waals surface area contributed by atoms with Crippen LogP contribution in [0.4, 0.5) is 0 Å². The number of carbonyl (C=O) groups excluding carboxylic acids is 1. The molecule has 0 spiro atoms. The molecule has 3 aromatic rings. The number of aromatic nitrogens is 3. The van der Waals surface area contributed by atoms with Crippen LogP contribution in [0.3, 0.4) is 0 Å². The lowest BCUT2D eigenvalue weighted by Gasteiger charge is -2.12. The molecule has 7 nitrogen and oxygen atoms in total. The first-order valence-electron chi connectivity index (χ1n) is 9.34. The van der Waals surface area contributed by atoms with Gasteiger partial charge < -0.3 is 14.8 Å². The highest BCUT2D eigenvalue weighted by atomic mass is 16.5. The van der Waals surface area contributed by atoms with Crippen LogP contribution in [0.2, 0.25) is 0 Å². The standard InChI is InChI=1S/C21H24N4O3/c1-3-27-19-9-8-16(15-20(19)28-4-2)21(26)23-12-14-25-13-10-18(24-25)17-7-5-6-11-22-17/h5-11,13,15H,3-4,12,14H2,1-2H3,(H,23,26). The summed E-state index contributed by atoms with van der Waals surface area (Å²) in [4.78, 5) is 16.7. The molecule has 0 atom stereocenters. The minimum Gasteiger partial charge on any atom is -0.490 e. The van der Waals surface area contributed by atoms with Crippen molar-refractivity contribution in [2.24, 2.45) is 0 Å². The van der Waals surface area contributed by atoms with Gasteiger partial charge in [0, 0.05) is 24.5 Å². The zero-order valence-corrected chi connectivity index (χ0v) is 16.1. The van der Waals surface area contributed by atoms with Crippen LogP contribution in [0.15, 0.2) is 54.9 Å². The third kappa shape index (κ3) is 4.88. The fourth-order valence-corrected chi connectivity index (χ4v) is 2.72. The van der Waals surface area contributed by atoms with Gasteiger partial charge in [-0.15, -0.1) is 0 Å².